The highest BCUT2D eigenvalue weighted by molar-refractivity contribution is 6.80. The van der Waals surface area contributed by atoms with Crippen LogP contribution in [0.3, 0.4) is 0 Å². The number of hydrogen-bond donors (Lipinski definition) is 1. The Morgan fingerprint density at radius 1 is 1.33 bits per heavy atom. The maximum Gasteiger partial charge on any atom is 0.0689 e. The van der Waals surface area contributed by atoms with E-state index in [-0.39, 0.29) is 6.10 Å². The van der Waals surface area contributed by atoms with Crippen molar-refractivity contribution in [2.75, 3.05) is 0 Å². The number of aliphatic hydroxyl groups is 1. The van der Waals surface area contributed by atoms with Crippen LogP contribution in [0.15, 0.2) is 11.8 Å². The van der Waals surface area contributed by atoms with Gasteiger partial charge in [0.2, 0.25) is 0 Å². The summed E-state index contributed by atoms with van der Waals surface area (Å²) in [5.41, 5.74) is 2.15. The molecule has 0 aromatic carbocycles. The minimum atomic E-state index is -1.06. The Labute approximate surface area is 58.4 Å². The Balaban J connectivity index is 3.71. The van der Waals surface area contributed by atoms with Crippen LogP contribution in [0.4, 0.5) is 0 Å². The van der Waals surface area contributed by atoms with Gasteiger partial charge >= 0.3 is 0 Å². The van der Waals surface area contributed by atoms with Crippen molar-refractivity contribution in [3.63, 3.8) is 0 Å². The van der Waals surface area contributed by atoms with Crippen molar-refractivity contribution in [1.29, 1.82) is 0 Å². The largest absolute Gasteiger partial charge is 0.389 e. The molecule has 1 atom stereocenters. The Hall–Kier alpha value is -0.0831. The molecule has 9 heavy (non-hydrogen) atoms. The molecular formula is C7H16OSi. The molecule has 0 aliphatic carbocycles. The molecule has 1 nitrogen and oxygen atoms in total. The smallest absolute Gasteiger partial charge is 0.0689 e. The van der Waals surface area contributed by atoms with E-state index < -0.39 is 8.07 Å². The zero-order chi connectivity index (χ0) is 7.49. The average Bonchev–Trinajstić information content (AvgIpc) is 1.59. The van der Waals surface area contributed by atoms with Gasteiger partial charge in [0.15, 0.2) is 0 Å². The molecule has 0 saturated carbocycles. The van der Waals surface area contributed by atoms with Crippen LogP contribution in [0, 0.1) is 0 Å². The summed E-state index contributed by atoms with van der Waals surface area (Å²) in [6.07, 6.45) is 1.59. The molecule has 1 N–H and O–H groups in total. The van der Waals surface area contributed by atoms with E-state index >= 15 is 0 Å². The Kier molecular flexibility index (Phi) is 3.15. The molecule has 0 amide bonds. The third-order valence-electron chi connectivity index (χ3n) is 0.875. The quantitative estimate of drug-likeness (QED) is 0.586. The third kappa shape index (κ3) is 7.92. The number of hydrogen-bond acceptors (Lipinski definition) is 1. The van der Waals surface area contributed by atoms with E-state index in [1.807, 2.05) is 6.08 Å². The maximum atomic E-state index is 8.85. The topological polar surface area (TPSA) is 20.2 Å². The molecule has 0 aromatic rings. The summed E-state index contributed by atoms with van der Waals surface area (Å²) in [5.74, 6) is 0. The number of aliphatic hydroxyl groups excluding tert-OH is 1. The van der Waals surface area contributed by atoms with Crippen LogP contribution in [0.5, 0.6) is 0 Å². The summed E-state index contributed by atoms with van der Waals surface area (Å²) in [6.45, 7) is 8.50. The summed E-state index contributed by atoms with van der Waals surface area (Å²) in [4.78, 5) is 0. The lowest BCUT2D eigenvalue weighted by Crippen LogP contribution is -2.16. The van der Waals surface area contributed by atoms with Gasteiger partial charge < -0.3 is 5.11 Å². The van der Waals surface area contributed by atoms with E-state index in [1.165, 1.54) is 0 Å². The second kappa shape index (κ2) is 3.18. The van der Waals surface area contributed by atoms with Crippen molar-refractivity contribution in [2.24, 2.45) is 0 Å². The van der Waals surface area contributed by atoms with Gasteiger partial charge in [-0.15, -0.1) is 0 Å². The van der Waals surface area contributed by atoms with Crippen LogP contribution in [0.25, 0.3) is 0 Å². The molecule has 2 heteroatoms. The fraction of sp³-hybridized carbons (Fsp3) is 0.714. The van der Waals surface area contributed by atoms with Gasteiger partial charge in [-0.3, -0.25) is 0 Å². The first-order chi connectivity index (χ1) is 3.92. The highest BCUT2D eigenvalue weighted by atomic mass is 28.3. The lowest BCUT2D eigenvalue weighted by Gasteiger charge is -2.08. The standard InChI is InChI=1S/C7H16OSi/c1-7(8)5-6-9(2,3)4/h5-8H,1-4H3/b6-5-. The zero-order valence-corrected chi connectivity index (χ0v) is 7.68. The second-order valence-corrected chi connectivity index (χ2v) is 8.53. The van der Waals surface area contributed by atoms with E-state index in [0.29, 0.717) is 0 Å². The predicted octanol–water partition coefficient (Wildman–Crippen LogP) is 1.80. The van der Waals surface area contributed by atoms with Crippen molar-refractivity contribution in [3.05, 3.63) is 11.8 Å². The van der Waals surface area contributed by atoms with Crippen LogP contribution < -0.4 is 0 Å². The molecule has 0 saturated heterocycles. The van der Waals surface area contributed by atoms with Crippen molar-refractivity contribution in [1.82, 2.24) is 0 Å². The highest BCUT2D eigenvalue weighted by Crippen LogP contribution is 2.02. The Morgan fingerprint density at radius 2 is 1.78 bits per heavy atom. The summed E-state index contributed by atoms with van der Waals surface area (Å²) in [5, 5.41) is 8.85. The number of rotatable bonds is 2. The van der Waals surface area contributed by atoms with E-state index in [2.05, 4.69) is 25.3 Å². The molecule has 0 heterocycles. The fourth-order valence-corrected chi connectivity index (χ4v) is 1.28. The average molecular weight is 144 g/mol. The van der Waals surface area contributed by atoms with E-state index in [0.717, 1.165) is 0 Å². The predicted molar refractivity (Wildman–Crippen MR) is 44.2 cm³/mol. The van der Waals surface area contributed by atoms with Crippen LogP contribution in [0.1, 0.15) is 6.92 Å². The maximum absolute atomic E-state index is 8.85. The molecule has 0 aliphatic rings. The second-order valence-electron chi connectivity index (χ2n) is 3.47. The fourth-order valence-electron chi connectivity index (χ4n) is 0.428. The van der Waals surface area contributed by atoms with E-state index in [1.54, 1.807) is 6.92 Å². The first kappa shape index (κ1) is 8.92. The van der Waals surface area contributed by atoms with Gasteiger partial charge in [-0.05, 0) is 6.92 Å². The third-order valence-corrected chi connectivity index (χ3v) is 2.07. The minimum Gasteiger partial charge on any atom is -0.389 e. The van der Waals surface area contributed by atoms with Gasteiger partial charge in [0.25, 0.3) is 0 Å². The zero-order valence-electron chi connectivity index (χ0n) is 6.68. The summed E-state index contributed by atoms with van der Waals surface area (Å²) >= 11 is 0. The van der Waals surface area contributed by atoms with Crippen LogP contribution >= 0.6 is 0 Å². The molecule has 1 unspecified atom stereocenters. The monoisotopic (exact) mass is 144 g/mol. The first-order valence-electron chi connectivity index (χ1n) is 3.29. The van der Waals surface area contributed by atoms with Crippen LogP contribution in [-0.2, 0) is 0 Å². The molecular weight excluding hydrogens is 128 g/mol. The summed E-state index contributed by atoms with van der Waals surface area (Å²) in [6, 6.07) is 0. The van der Waals surface area contributed by atoms with Gasteiger partial charge in [-0.25, -0.2) is 0 Å². The SMILES string of the molecule is CC(O)/C=C\[Si](C)(C)C. The molecule has 0 aromatic heterocycles. The normalized spacial score (nSPS) is 16.6. The summed E-state index contributed by atoms with van der Waals surface area (Å²) in [7, 11) is -1.06. The van der Waals surface area contributed by atoms with Crippen LogP contribution in [0.2, 0.25) is 19.6 Å². The van der Waals surface area contributed by atoms with Crippen LogP contribution in [-0.4, -0.2) is 19.3 Å². The Morgan fingerprint density at radius 3 is 1.89 bits per heavy atom. The van der Waals surface area contributed by atoms with Crippen molar-refractivity contribution in [3.8, 4) is 0 Å². The molecule has 54 valence electrons. The molecule has 0 aliphatic heterocycles. The Bertz CT molecular complexity index is 100.0. The highest BCUT2D eigenvalue weighted by Gasteiger charge is 2.06. The lowest BCUT2D eigenvalue weighted by molar-refractivity contribution is 0.244. The lowest BCUT2D eigenvalue weighted by atomic mass is 10.4. The van der Waals surface area contributed by atoms with E-state index in [9.17, 15) is 0 Å². The van der Waals surface area contributed by atoms with Crippen molar-refractivity contribution >= 4 is 8.07 Å². The summed E-state index contributed by atoms with van der Waals surface area (Å²) < 4.78 is 0. The van der Waals surface area contributed by atoms with Crippen molar-refractivity contribution < 1.29 is 5.11 Å². The molecule has 0 rings (SSSR count). The molecule has 0 radical (unpaired) electrons. The molecule has 0 fully saturated rings. The van der Waals surface area contributed by atoms with Gasteiger partial charge in [-0.1, -0.05) is 31.4 Å². The minimum absolute atomic E-state index is 0.281. The molecule has 0 bridgehead atoms. The van der Waals surface area contributed by atoms with Gasteiger partial charge in [-0.2, -0.15) is 0 Å². The first-order valence-corrected chi connectivity index (χ1v) is 6.87. The van der Waals surface area contributed by atoms with Crippen molar-refractivity contribution in [2.45, 2.75) is 32.7 Å². The van der Waals surface area contributed by atoms with Gasteiger partial charge in [0.05, 0.1) is 14.2 Å². The van der Waals surface area contributed by atoms with Gasteiger partial charge in [0, 0.05) is 0 Å². The molecule has 0 spiro atoms. The van der Waals surface area contributed by atoms with Gasteiger partial charge in [0.1, 0.15) is 0 Å². The van der Waals surface area contributed by atoms with E-state index in [4.69, 9.17) is 5.11 Å².